The van der Waals surface area contributed by atoms with Crippen LogP contribution in [-0.2, 0) is 0 Å². The van der Waals surface area contributed by atoms with Crippen LogP contribution in [0.5, 0.6) is 0 Å². The van der Waals surface area contributed by atoms with Crippen LogP contribution in [0, 0.1) is 5.41 Å². The Labute approximate surface area is 95.3 Å². The first-order valence-electron chi connectivity index (χ1n) is 5.40. The molecule has 4 heteroatoms. The van der Waals surface area contributed by atoms with Crippen LogP contribution in [0.4, 0.5) is 5.82 Å². The van der Waals surface area contributed by atoms with E-state index in [1.807, 2.05) is 6.07 Å². The van der Waals surface area contributed by atoms with Gasteiger partial charge in [0.2, 0.25) is 5.28 Å². The number of halogens is 1. The first-order valence-corrected chi connectivity index (χ1v) is 5.78. The molecule has 3 nitrogen and oxygen atoms in total. The molecule has 1 saturated carbocycles. The number of nitrogens with zero attached hydrogens (tertiary/aromatic N) is 2. The third-order valence-electron chi connectivity index (χ3n) is 3.13. The minimum atomic E-state index is 0.302. The van der Waals surface area contributed by atoms with E-state index >= 15 is 0 Å². The quantitative estimate of drug-likeness (QED) is 0.804. The number of hydrogen-bond donors (Lipinski definition) is 1. The van der Waals surface area contributed by atoms with E-state index in [0.29, 0.717) is 10.7 Å². The van der Waals surface area contributed by atoms with Gasteiger partial charge in [-0.05, 0) is 35.9 Å². The molecule has 82 valence electrons. The second-order valence-electron chi connectivity index (χ2n) is 4.58. The van der Waals surface area contributed by atoms with Crippen molar-refractivity contribution in [3.05, 3.63) is 17.5 Å². The maximum Gasteiger partial charge on any atom is 0.224 e. The molecule has 0 aromatic carbocycles. The highest BCUT2D eigenvalue weighted by Crippen LogP contribution is 2.37. The van der Waals surface area contributed by atoms with E-state index in [0.717, 1.165) is 12.4 Å². The summed E-state index contributed by atoms with van der Waals surface area (Å²) in [7, 11) is 0. The summed E-state index contributed by atoms with van der Waals surface area (Å²) in [6.45, 7) is 3.30. The van der Waals surface area contributed by atoms with Crippen LogP contribution in [0.25, 0.3) is 0 Å². The van der Waals surface area contributed by atoms with Gasteiger partial charge in [0.05, 0.1) is 0 Å². The molecule has 0 bridgehead atoms. The van der Waals surface area contributed by atoms with Crippen LogP contribution in [0.3, 0.4) is 0 Å². The third-order valence-corrected chi connectivity index (χ3v) is 3.32. The smallest absolute Gasteiger partial charge is 0.224 e. The Kier molecular flexibility index (Phi) is 3.10. The summed E-state index contributed by atoms with van der Waals surface area (Å²) in [4.78, 5) is 7.96. The van der Waals surface area contributed by atoms with Crippen molar-refractivity contribution >= 4 is 17.4 Å². The molecule has 1 heterocycles. The lowest BCUT2D eigenvalue weighted by atomic mass is 9.89. The molecule has 0 radical (unpaired) electrons. The predicted molar refractivity (Wildman–Crippen MR) is 62.1 cm³/mol. The summed E-state index contributed by atoms with van der Waals surface area (Å²) < 4.78 is 0. The van der Waals surface area contributed by atoms with E-state index in [1.165, 1.54) is 25.7 Å². The third kappa shape index (κ3) is 2.81. The number of nitrogens with one attached hydrogen (secondary N) is 1. The summed E-state index contributed by atoms with van der Waals surface area (Å²) in [6.07, 6.45) is 6.98. The minimum Gasteiger partial charge on any atom is -0.369 e. The fourth-order valence-electron chi connectivity index (χ4n) is 2.14. The average molecular weight is 226 g/mol. The lowest BCUT2D eigenvalue weighted by Crippen LogP contribution is -2.23. The van der Waals surface area contributed by atoms with Crippen molar-refractivity contribution < 1.29 is 0 Å². The molecule has 0 aliphatic heterocycles. The summed E-state index contributed by atoms with van der Waals surface area (Å²) >= 11 is 5.71. The number of rotatable bonds is 3. The topological polar surface area (TPSA) is 37.8 Å². The Morgan fingerprint density at radius 3 is 2.87 bits per heavy atom. The van der Waals surface area contributed by atoms with Crippen molar-refractivity contribution in [2.24, 2.45) is 5.41 Å². The Morgan fingerprint density at radius 1 is 1.47 bits per heavy atom. The largest absolute Gasteiger partial charge is 0.369 e. The molecule has 0 unspecified atom stereocenters. The molecule has 0 spiro atoms. The van der Waals surface area contributed by atoms with Crippen LogP contribution in [0.1, 0.15) is 32.6 Å². The van der Waals surface area contributed by atoms with Crippen LogP contribution in [-0.4, -0.2) is 16.5 Å². The number of hydrogen-bond acceptors (Lipinski definition) is 3. The standard InChI is InChI=1S/C11H16ClN3/c1-11(5-2-3-6-11)8-14-9-4-7-13-10(12)15-9/h4,7H,2-3,5-6,8H2,1H3,(H,13,14,15). The van der Waals surface area contributed by atoms with E-state index in [2.05, 4.69) is 22.2 Å². The van der Waals surface area contributed by atoms with Gasteiger partial charge in [-0.15, -0.1) is 0 Å². The summed E-state index contributed by atoms with van der Waals surface area (Å²) in [5, 5.41) is 3.63. The molecule has 1 aromatic rings. The summed E-state index contributed by atoms with van der Waals surface area (Å²) in [6, 6.07) is 1.85. The van der Waals surface area contributed by atoms with Gasteiger partial charge in [-0.1, -0.05) is 19.8 Å². The second kappa shape index (κ2) is 4.35. The van der Waals surface area contributed by atoms with Gasteiger partial charge in [-0.2, -0.15) is 0 Å². The van der Waals surface area contributed by atoms with Crippen molar-refractivity contribution in [1.82, 2.24) is 9.97 Å². The first-order chi connectivity index (χ1) is 7.18. The molecule has 1 aliphatic rings. The van der Waals surface area contributed by atoms with Crippen LogP contribution < -0.4 is 5.32 Å². The highest BCUT2D eigenvalue weighted by Gasteiger charge is 2.28. The lowest BCUT2D eigenvalue weighted by molar-refractivity contribution is 0.361. The fraction of sp³-hybridized carbons (Fsp3) is 0.636. The van der Waals surface area contributed by atoms with Crippen LogP contribution >= 0.6 is 11.6 Å². The Bertz CT molecular complexity index is 334. The lowest BCUT2D eigenvalue weighted by Gasteiger charge is -2.23. The molecular weight excluding hydrogens is 210 g/mol. The SMILES string of the molecule is CC1(CNc2ccnc(Cl)n2)CCCC1. The molecule has 1 fully saturated rings. The molecule has 1 aliphatic carbocycles. The van der Waals surface area contributed by atoms with Gasteiger partial charge in [0.1, 0.15) is 5.82 Å². The average Bonchev–Trinajstić information content (AvgIpc) is 2.63. The second-order valence-corrected chi connectivity index (χ2v) is 4.92. The van der Waals surface area contributed by atoms with Gasteiger partial charge >= 0.3 is 0 Å². The predicted octanol–water partition coefficient (Wildman–Crippen LogP) is 3.12. The molecule has 1 N–H and O–H groups in total. The van der Waals surface area contributed by atoms with Crippen molar-refractivity contribution in [2.45, 2.75) is 32.6 Å². The molecular formula is C11H16ClN3. The highest BCUT2D eigenvalue weighted by molar-refractivity contribution is 6.28. The highest BCUT2D eigenvalue weighted by atomic mass is 35.5. The summed E-state index contributed by atoms with van der Waals surface area (Å²) in [5.74, 6) is 0.822. The first kappa shape index (κ1) is 10.7. The van der Waals surface area contributed by atoms with E-state index in [4.69, 9.17) is 11.6 Å². The molecule has 1 aromatic heterocycles. The zero-order valence-corrected chi connectivity index (χ0v) is 9.72. The minimum absolute atomic E-state index is 0.302. The molecule has 0 atom stereocenters. The maximum atomic E-state index is 5.71. The van der Waals surface area contributed by atoms with Gasteiger partial charge in [-0.3, -0.25) is 0 Å². The summed E-state index contributed by atoms with van der Waals surface area (Å²) in [5.41, 5.74) is 0.428. The zero-order chi connectivity index (χ0) is 10.7. The van der Waals surface area contributed by atoms with Gasteiger partial charge in [0.25, 0.3) is 0 Å². The van der Waals surface area contributed by atoms with E-state index in [9.17, 15) is 0 Å². The molecule has 15 heavy (non-hydrogen) atoms. The van der Waals surface area contributed by atoms with Crippen molar-refractivity contribution in [3.8, 4) is 0 Å². The zero-order valence-electron chi connectivity index (χ0n) is 8.96. The normalized spacial score (nSPS) is 19.1. The number of aromatic nitrogens is 2. The van der Waals surface area contributed by atoms with Crippen molar-refractivity contribution in [1.29, 1.82) is 0 Å². The maximum absolute atomic E-state index is 5.71. The van der Waals surface area contributed by atoms with E-state index < -0.39 is 0 Å². The van der Waals surface area contributed by atoms with Gasteiger partial charge in [0, 0.05) is 12.7 Å². The van der Waals surface area contributed by atoms with E-state index in [1.54, 1.807) is 6.20 Å². The van der Waals surface area contributed by atoms with Crippen LogP contribution in [0.2, 0.25) is 5.28 Å². The Hall–Kier alpha value is -0.830. The van der Waals surface area contributed by atoms with Gasteiger partial charge < -0.3 is 5.32 Å². The molecule has 0 amide bonds. The monoisotopic (exact) mass is 225 g/mol. The van der Waals surface area contributed by atoms with Crippen LogP contribution in [0.15, 0.2) is 12.3 Å². The van der Waals surface area contributed by atoms with Gasteiger partial charge in [-0.25, -0.2) is 9.97 Å². The van der Waals surface area contributed by atoms with E-state index in [-0.39, 0.29) is 0 Å². The van der Waals surface area contributed by atoms with Crippen molar-refractivity contribution in [3.63, 3.8) is 0 Å². The molecule has 2 rings (SSSR count). The Morgan fingerprint density at radius 2 is 2.20 bits per heavy atom. The fourth-order valence-corrected chi connectivity index (χ4v) is 2.29. The van der Waals surface area contributed by atoms with Gasteiger partial charge in [0.15, 0.2) is 0 Å². The Balaban J connectivity index is 1.92. The number of anilines is 1. The molecule has 0 saturated heterocycles. The van der Waals surface area contributed by atoms with Crippen molar-refractivity contribution in [2.75, 3.05) is 11.9 Å².